The van der Waals surface area contributed by atoms with Gasteiger partial charge in [0.25, 0.3) is 11.8 Å². The van der Waals surface area contributed by atoms with Crippen molar-refractivity contribution < 1.29 is 22.4 Å². The van der Waals surface area contributed by atoms with Crippen LogP contribution in [0.2, 0.25) is 0 Å². The van der Waals surface area contributed by atoms with Gasteiger partial charge < -0.3 is 4.90 Å². The van der Waals surface area contributed by atoms with E-state index in [9.17, 15) is 22.4 Å². The summed E-state index contributed by atoms with van der Waals surface area (Å²) in [5.74, 6) is -3.23. The molecule has 216 valence electrons. The van der Waals surface area contributed by atoms with Gasteiger partial charge >= 0.3 is 6.55 Å². The van der Waals surface area contributed by atoms with Crippen molar-refractivity contribution in [1.82, 2.24) is 4.90 Å². The molecule has 3 aromatic rings. The lowest BCUT2D eigenvalue weighted by Gasteiger charge is -2.37. The molecule has 3 aromatic carbocycles. The zero-order chi connectivity index (χ0) is 29.9. The van der Waals surface area contributed by atoms with Gasteiger partial charge in [-0.2, -0.15) is 8.78 Å². The van der Waals surface area contributed by atoms with Crippen LogP contribution in [0.15, 0.2) is 85.1 Å². The minimum atomic E-state index is -2.95. The van der Waals surface area contributed by atoms with E-state index >= 15 is 0 Å². The van der Waals surface area contributed by atoms with Crippen molar-refractivity contribution in [2.24, 2.45) is 5.92 Å². The van der Waals surface area contributed by atoms with E-state index in [1.807, 2.05) is 38.1 Å². The van der Waals surface area contributed by atoms with E-state index in [-0.39, 0.29) is 17.4 Å². The largest absolute Gasteiger partial charge is 0.339 e. The van der Waals surface area contributed by atoms with Crippen LogP contribution in [0.4, 0.5) is 23.2 Å². The topological polar surface area (TPSA) is 23.6 Å². The fourth-order valence-corrected chi connectivity index (χ4v) is 5.55. The number of benzene rings is 3. The Hall–Kier alpha value is -3.87. The van der Waals surface area contributed by atoms with Crippen molar-refractivity contribution >= 4 is 17.2 Å². The molecule has 1 aliphatic rings. The molecular formula is C34H36F4N2O. The number of amides is 1. The van der Waals surface area contributed by atoms with E-state index in [0.717, 1.165) is 34.1 Å². The predicted molar refractivity (Wildman–Crippen MR) is 157 cm³/mol. The molecule has 0 saturated carbocycles. The summed E-state index contributed by atoms with van der Waals surface area (Å²) >= 11 is 0. The van der Waals surface area contributed by atoms with Crippen LogP contribution in [0.25, 0.3) is 5.57 Å². The average molecular weight is 565 g/mol. The van der Waals surface area contributed by atoms with Crippen LogP contribution in [-0.2, 0) is 5.92 Å². The highest BCUT2D eigenvalue weighted by Gasteiger charge is 2.31. The van der Waals surface area contributed by atoms with Gasteiger partial charge in [0.2, 0.25) is 0 Å². The van der Waals surface area contributed by atoms with Crippen LogP contribution in [-0.4, -0.2) is 30.4 Å². The smallest absolute Gasteiger partial charge is 0.319 e. The maximum atomic E-state index is 14.1. The van der Waals surface area contributed by atoms with Gasteiger partial charge in [-0.3, -0.25) is 9.69 Å². The Balaban J connectivity index is 1.46. The number of carbonyl (C=O) groups excluding carboxylic acids is 1. The number of allylic oxidation sites excluding steroid dienone is 2. The summed E-state index contributed by atoms with van der Waals surface area (Å²) in [4.78, 5) is 16.1. The monoisotopic (exact) mass is 564 g/mol. The Kier molecular flexibility index (Phi) is 9.05. The van der Waals surface area contributed by atoms with Crippen LogP contribution in [0.1, 0.15) is 64.9 Å². The minimum absolute atomic E-state index is 0.0551. The fourth-order valence-electron chi connectivity index (χ4n) is 5.55. The molecule has 0 spiro atoms. The zero-order valence-corrected chi connectivity index (χ0v) is 23.9. The maximum absolute atomic E-state index is 14.1. The second-order valence-electron chi connectivity index (χ2n) is 10.7. The van der Waals surface area contributed by atoms with Crippen molar-refractivity contribution in [3.8, 4) is 0 Å². The number of para-hydroxylation sites is 1. The molecule has 0 N–H and O–H groups in total. The molecule has 1 heterocycles. The number of halogens is 4. The summed E-state index contributed by atoms with van der Waals surface area (Å²) in [5, 5.41) is 0. The number of piperidine rings is 1. The third kappa shape index (κ3) is 6.55. The van der Waals surface area contributed by atoms with E-state index in [2.05, 4.69) is 6.58 Å². The van der Waals surface area contributed by atoms with Gasteiger partial charge in [0.05, 0.1) is 0 Å². The number of rotatable bonds is 8. The molecule has 1 aliphatic heterocycles. The highest BCUT2D eigenvalue weighted by molar-refractivity contribution is 5.95. The van der Waals surface area contributed by atoms with E-state index < -0.39 is 12.5 Å². The first-order valence-corrected chi connectivity index (χ1v) is 13.8. The van der Waals surface area contributed by atoms with Gasteiger partial charge in [-0.15, -0.1) is 0 Å². The Morgan fingerprint density at radius 1 is 0.976 bits per heavy atom. The summed E-state index contributed by atoms with van der Waals surface area (Å²) in [6.45, 7) is 8.62. The number of hydrogen-bond acceptors (Lipinski definition) is 2. The van der Waals surface area contributed by atoms with Gasteiger partial charge in [0.15, 0.2) is 0 Å². The number of nitrogens with zero attached hydrogens (tertiary/aromatic N) is 2. The number of aryl methyl sites for hydroxylation is 2. The molecule has 3 nitrogen and oxygen atoms in total. The molecule has 0 bridgehead atoms. The molecule has 4 rings (SSSR count). The average Bonchev–Trinajstić information content (AvgIpc) is 2.94. The van der Waals surface area contributed by atoms with Crippen LogP contribution >= 0.6 is 0 Å². The Bertz CT molecular complexity index is 1450. The summed E-state index contributed by atoms with van der Waals surface area (Å²) in [5.41, 5.74) is 5.23. The van der Waals surface area contributed by atoms with Gasteiger partial charge in [0, 0.05) is 48.4 Å². The number of likely N-dealkylation sites (tertiary alicyclic amines) is 1. The molecule has 0 radical (unpaired) electrons. The zero-order valence-electron chi connectivity index (χ0n) is 23.9. The predicted octanol–water partition coefficient (Wildman–Crippen LogP) is 8.96. The lowest BCUT2D eigenvalue weighted by molar-refractivity contribution is 0.0174. The normalized spacial score (nSPS) is 14.9. The van der Waals surface area contributed by atoms with Crippen LogP contribution in [0, 0.1) is 19.8 Å². The first-order chi connectivity index (χ1) is 19.4. The quantitative estimate of drug-likeness (QED) is 0.201. The van der Waals surface area contributed by atoms with Crippen molar-refractivity contribution in [1.29, 1.82) is 0 Å². The summed E-state index contributed by atoms with van der Waals surface area (Å²) < 4.78 is 56.1. The van der Waals surface area contributed by atoms with Crippen LogP contribution in [0.5, 0.6) is 0 Å². The SMILES string of the molecule is C=C(C1CCN(C(=O)c2ccc(/C(=C\C)c3cccc(C(C)(F)F)c3)c(C)c2)CC1)N(c1ccccc1C)C(F)F. The van der Waals surface area contributed by atoms with E-state index in [1.165, 1.54) is 12.1 Å². The molecule has 0 aliphatic carbocycles. The van der Waals surface area contributed by atoms with Gasteiger partial charge in [-0.1, -0.05) is 55.1 Å². The Morgan fingerprint density at radius 3 is 2.24 bits per heavy atom. The second kappa shape index (κ2) is 12.3. The third-order valence-corrected chi connectivity index (χ3v) is 7.87. The molecule has 0 aromatic heterocycles. The van der Waals surface area contributed by atoms with Crippen LogP contribution in [0.3, 0.4) is 0 Å². The standard InChI is InChI=1S/C34H36F4N2O/c1-6-29(26-11-9-12-28(21-26)34(5,37)38)30-15-14-27(20-23(30)3)32(41)39-18-16-25(17-19-39)24(4)40(33(35)36)31-13-8-7-10-22(31)2/h6-15,20-21,25,33H,4,16-19H2,1-3,5H3/b29-6-. The first kappa shape index (κ1) is 30.1. The fraction of sp³-hybridized carbons (Fsp3) is 0.324. The minimum Gasteiger partial charge on any atom is -0.339 e. The molecule has 1 saturated heterocycles. The maximum Gasteiger partial charge on any atom is 0.319 e. The number of anilines is 1. The van der Waals surface area contributed by atoms with Gasteiger partial charge in [-0.25, -0.2) is 8.78 Å². The first-order valence-electron chi connectivity index (χ1n) is 13.8. The van der Waals surface area contributed by atoms with E-state index in [0.29, 0.717) is 48.4 Å². The molecule has 41 heavy (non-hydrogen) atoms. The highest BCUT2D eigenvalue weighted by atomic mass is 19.3. The molecule has 0 unspecified atom stereocenters. The lowest BCUT2D eigenvalue weighted by Crippen LogP contribution is -2.41. The van der Waals surface area contributed by atoms with E-state index in [4.69, 9.17) is 0 Å². The van der Waals surface area contributed by atoms with Crippen molar-refractivity contribution in [2.75, 3.05) is 18.0 Å². The van der Waals surface area contributed by atoms with Crippen LogP contribution < -0.4 is 4.90 Å². The second-order valence-corrected chi connectivity index (χ2v) is 10.7. The molecular weight excluding hydrogens is 528 g/mol. The molecule has 7 heteroatoms. The Morgan fingerprint density at radius 2 is 1.66 bits per heavy atom. The van der Waals surface area contributed by atoms with Gasteiger partial charge in [0.1, 0.15) is 0 Å². The number of hydrogen-bond donors (Lipinski definition) is 0. The summed E-state index contributed by atoms with van der Waals surface area (Å²) in [6, 6.07) is 18.8. The summed E-state index contributed by atoms with van der Waals surface area (Å²) in [7, 11) is 0. The van der Waals surface area contributed by atoms with E-state index in [1.54, 1.807) is 48.2 Å². The van der Waals surface area contributed by atoms with Gasteiger partial charge in [-0.05, 0) is 85.7 Å². The molecule has 1 amide bonds. The number of alkyl halides is 4. The third-order valence-electron chi connectivity index (χ3n) is 7.87. The van der Waals surface area contributed by atoms with Crippen molar-refractivity contribution in [3.63, 3.8) is 0 Å². The van der Waals surface area contributed by atoms with Crippen molar-refractivity contribution in [3.05, 3.63) is 118 Å². The van der Waals surface area contributed by atoms with Crippen molar-refractivity contribution in [2.45, 2.75) is 53.0 Å². The molecule has 1 fully saturated rings. The summed E-state index contributed by atoms with van der Waals surface area (Å²) in [6.07, 6.45) is 2.96. The number of carbonyl (C=O) groups is 1. The highest BCUT2D eigenvalue weighted by Crippen LogP contribution is 2.35. The Labute approximate surface area is 239 Å². The lowest BCUT2D eigenvalue weighted by atomic mass is 9.90. The molecule has 0 atom stereocenters.